The first-order chi connectivity index (χ1) is 60.5. The minimum absolute atomic E-state index is 0. The van der Waals surface area contributed by atoms with Gasteiger partial charge in [0.2, 0.25) is 39.3 Å². The molecule has 786 valence electrons. The summed E-state index contributed by atoms with van der Waals surface area (Å²) in [7, 11) is -33.9. The van der Waals surface area contributed by atoms with Crippen LogP contribution in [0.1, 0.15) is 71.2 Å². The molecule has 4 rings (SSSR count). The third-order valence-electron chi connectivity index (χ3n) is 17.3. The van der Waals surface area contributed by atoms with Gasteiger partial charge < -0.3 is 71.9 Å². The monoisotopic (exact) mass is 2190 g/mol. The fourth-order valence-electron chi connectivity index (χ4n) is 13.2. The van der Waals surface area contributed by atoms with Crippen molar-refractivity contribution in [2.24, 2.45) is 0 Å². The summed E-state index contributed by atoms with van der Waals surface area (Å²) in [5, 5.41) is 3.81. The van der Waals surface area contributed by atoms with E-state index >= 15 is 0 Å². The second kappa shape index (κ2) is 61.4. The molecule has 4 aromatic rings. The molecule has 0 aliphatic carbocycles. The first-order valence-corrected chi connectivity index (χ1v) is 82.5. The van der Waals surface area contributed by atoms with Crippen LogP contribution in [0, 0.1) is 0 Å². The zero-order chi connectivity index (χ0) is 101. The van der Waals surface area contributed by atoms with Crippen LogP contribution in [0.25, 0.3) is 0 Å². The van der Waals surface area contributed by atoms with Gasteiger partial charge in [-0.25, -0.2) is 52.8 Å². The summed E-state index contributed by atoms with van der Waals surface area (Å²) < 4.78 is 179. The van der Waals surface area contributed by atoms with Crippen LogP contribution in [0.4, 0.5) is 0 Å². The smallest absolute Gasteiger partial charge is 0.350 e. The van der Waals surface area contributed by atoms with Crippen LogP contribution in [0.2, 0.25) is 169 Å². The fourth-order valence-corrected chi connectivity index (χ4v) is 65.6. The molecule has 0 saturated heterocycles. The van der Waals surface area contributed by atoms with E-state index in [1.807, 2.05) is 54.8 Å². The molecule has 0 bridgehead atoms. The van der Waals surface area contributed by atoms with Crippen LogP contribution in [0.3, 0.4) is 0 Å². The van der Waals surface area contributed by atoms with Crippen LogP contribution < -0.4 is 5.32 Å². The van der Waals surface area contributed by atoms with Gasteiger partial charge in [-0.1, -0.05) is 130 Å². The molecule has 0 aliphatic heterocycles. The average Bonchev–Trinajstić information content (AvgIpc) is 0.790. The van der Waals surface area contributed by atoms with Gasteiger partial charge in [-0.15, -0.1) is 0 Å². The minimum atomic E-state index is -4.18. The lowest BCUT2D eigenvalue weighted by atomic mass is 10.4. The third-order valence-corrected chi connectivity index (χ3v) is 61.1. The number of esters is 4. The van der Waals surface area contributed by atoms with Gasteiger partial charge >= 0.3 is 66.7 Å². The van der Waals surface area contributed by atoms with Gasteiger partial charge in [-0.2, -0.15) is 0 Å². The van der Waals surface area contributed by atoms with Crippen LogP contribution in [0.5, 0.6) is 0 Å². The first-order valence-electron chi connectivity index (χ1n) is 43.5. The molecule has 138 heavy (non-hydrogen) atoms. The molecule has 0 aliphatic rings. The van der Waals surface area contributed by atoms with Crippen molar-refractivity contribution >= 4 is 156 Å². The number of benzene rings is 4. The number of allylic oxidation sites excluding steroid dienone is 8. The van der Waals surface area contributed by atoms with E-state index in [1.54, 1.807) is 137 Å². The van der Waals surface area contributed by atoms with E-state index in [4.69, 9.17) is 47.1 Å². The minimum Gasteiger partial charge on any atom is -0.465 e. The number of carbonyl (C=O) groups is 4. The Labute approximate surface area is 846 Å². The van der Waals surface area contributed by atoms with E-state index in [0.29, 0.717) is 18.3 Å². The maximum Gasteiger partial charge on any atom is 0.350 e. The van der Waals surface area contributed by atoms with Crippen molar-refractivity contribution < 1.29 is 105 Å². The average molecular weight is 2190 g/mol. The van der Waals surface area contributed by atoms with Crippen LogP contribution in [0.15, 0.2) is 257 Å². The number of nitrogens with zero attached hydrogens (tertiary/aromatic N) is 3. The van der Waals surface area contributed by atoms with Crippen molar-refractivity contribution in [3.63, 3.8) is 0 Å². The zero-order valence-electron chi connectivity index (χ0n) is 83.7. The highest BCUT2D eigenvalue weighted by Gasteiger charge is 2.51. The Morgan fingerprint density at radius 3 is 0.964 bits per heavy atom. The molecule has 0 amide bonds. The number of carbonyl (C=O) groups excluding carboxylic acids is 4. The molecule has 0 heterocycles. The Morgan fingerprint density at radius 2 is 0.659 bits per heavy atom. The summed E-state index contributed by atoms with van der Waals surface area (Å²) in [5.41, 5.74) is 1.96. The number of ether oxygens (including phenoxy) is 4. The van der Waals surface area contributed by atoms with Crippen LogP contribution in [-0.4, -0.2) is 240 Å². The van der Waals surface area contributed by atoms with E-state index in [-0.39, 0.29) is 83.9 Å². The van der Waals surface area contributed by atoms with E-state index < -0.39 is 176 Å². The lowest BCUT2D eigenvalue weighted by molar-refractivity contribution is -0.138. The van der Waals surface area contributed by atoms with Crippen molar-refractivity contribution in [3.05, 3.63) is 238 Å². The molecule has 4 aromatic carbocycles. The molecule has 28 nitrogen and oxygen atoms in total. The van der Waals surface area contributed by atoms with Crippen LogP contribution in [-0.2, 0) is 110 Å². The van der Waals surface area contributed by atoms with Crippen molar-refractivity contribution in [1.29, 1.82) is 0 Å². The molecule has 1 N–H and O–H groups in total. The second-order valence-corrected chi connectivity index (χ2v) is 90.7. The summed E-state index contributed by atoms with van der Waals surface area (Å²) in [6.45, 7) is 60.8. The Bertz CT molecular complexity index is 5140. The fraction of sp³-hybridized carbons (Fsp3) is 0.495. The highest BCUT2D eigenvalue weighted by Crippen LogP contribution is 2.34. The summed E-state index contributed by atoms with van der Waals surface area (Å²) in [6.07, 6.45) is 21.4. The standard InChI is InChI=1S/C44H70N2O12S2Si5.C23H41NO6SSi3.C22H39NO6SSi3.6CH4/c1-16-53-43(47)41(59(49,50)39-27-20-18-21-28-39)31-24-33-45(4)35-26-36-64(14,56-62(9,10)11)58-65(15,57-63(12,13)55-61(6,7)8)38(3)37-46(5)34-25-32-42(44(48)54-17-2)60(51,52)40-29-22-19-23-30-40;1-24(19-14-20-34(9,29-32(3,4)5)30-33(6,7)8)18-13-17-22(23(25)28-2)31(26,27)21-15-11-10-12-16-21;1-27-22(24)21(30(25,26)20-14-10-9-11-15-20)16-12-17-23-18-13-19-33(8,28-31(2,3)4)29-32(5,6)7;;;;;;/h18-34,36H,3,16-17,35,37H2,1-2,4-15H3;10-13,15-18H,14,19-20H2,1-9H3;9-12,14-17,23H,13,18-19H2,1-8H3;6*1H4/b33-24+,34-25+,36-26+,41-31+,42-32-;18-13+,22-17+;17-12+,21-16+;;;;;;. The SMILES string of the molecule is C.C.C.C.C.C.C=C(CN(C)/C=C/C=C(/C(=O)OCC)S(=O)(=O)c1ccccc1)[Si](C)(O[Si](C)(C)O[Si](C)(C)C)O[Si](C)(/C=C/CN(C)/C=C/C=C(\C(=O)OCC)S(=O)(=O)c1ccccc1)O[Si](C)(C)C.COC(=O)/C(=C\C=C\N(C)CCC[Si](C)(O[Si](C)(C)C)O[Si](C)(C)C)S(=O)(=O)c1ccccc1.COC(=O)/C(=C\C=C\NCCC[Si](C)(O[Si](C)(C)C)O[Si](C)(C)C)S(=O)(=O)c1ccccc1. The maximum absolute atomic E-state index is 13.5. The maximum atomic E-state index is 13.5. The van der Waals surface area contributed by atoms with E-state index in [2.05, 4.69) is 148 Å². The van der Waals surface area contributed by atoms with Gasteiger partial charge in [0.1, 0.15) is 0 Å². The first kappa shape index (κ1) is 140. The number of likely N-dealkylation sites (N-methyl/N-ethyl adjacent to an activating group) is 2. The molecule has 0 spiro atoms. The van der Waals surface area contributed by atoms with Gasteiger partial charge in [0.15, 0.2) is 69.5 Å². The Balaban J connectivity index is -0.000000685. The highest BCUT2D eigenvalue weighted by molar-refractivity contribution is 7.97. The second-order valence-electron chi connectivity index (χ2n) is 37.8. The third kappa shape index (κ3) is 53.0. The molecule has 43 heteroatoms. The van der Waals surface area contributed by atoms with Crippen LogP contribution >= 0.6 is 0 Å². The summed E-state index contributed by atoms with van der Waals surface area (Å²) >= 11 is 0. The Kier molecular flexibility index (Phi) is 62.1. The topological polar surface area (TPSA) is 337 Å². The largest absolute Gasteiger partial charge is 0.465 e. The molecule has 0 saturated carbocycles. The predicted octanol–water partition coefficient (Wildman–Crippen LogP) is 22.2. The van der Waals surface area contributed by atoms with E-state index in [9.17, 15) is 52.8 Å². The molecular weight excluding hydrogens is 2020 g/mol. The lowest BCUT2D eigenvalue weighted by Crippen LogP contribution is -2.61. The zero-order valence-corrected chi connectivity index (χ0v) is 97.9. The number of methoxy groups -OCH3 is 2. The van der Waals surface area contributed by atoms with Gasteiger partial charge in [-0.05, 0) is 329 Å². The van der Waals surface area contributed by atoms with Crippen molar-refractivity contribution in [1.82, 2.24) is 20.0 Å². The summed E-state index contributed by atoms with van der Waals surface area (Å²) in [6, 6.07) is 32.8. The number of sulfone groups is 4. The molecular formula is C95H174N4O24S4Si11. The van der Waals surface area contributed by atoms with E-state index in [1.165, 1.54) is 98.2 Å². The summed E-state index contributed by atoms with van der Waals surface area (Å²) in [4.78, 5) is 53.8. The van der Waals surface area contributed by atoms with Gasteiger partial charge in [0.05, 0.1) is 47.0 Å². The molecule has 2 unspecified atom stereocenters. The number of hydrogen-bond acceptors (Lipinski definition) is 28. The molecule has 0 fully saturated rings. The number of rotatable bonds is 52. The Hall–Kier alpha value is -6.77. The van der Waals surface area contributed by atoms with Gasteiger partial charge in [0.25, 0.3) is 0 Å². The molecule has 2 atom stereocenters. The predicted molar refractivity (Wildman–Crippen MR) is 597 cm³/mol. The summed E-state index contributed by atoms with van der Waals surface area (Å²) in [5.74, 6) is -3.71. The van der Waals surface area contributed by atoms with Gasteiger partial charge in [0, 0.05) is 47.3 Å². The van der Waals surface area contributed by atoms with Gasteiger partial charge in [-0.3, -0.25) is 0 Å². The molecule has 0 radical (unpaired) electrons. The van der Waals surface area contributed by atoms with Crippen molar-refractivity contribution in [3.8, 4) is 0 Å². The quantitative estimate of drug-likeness (QED) is 0.0107. The normalized spacial score (nSPS) is 14.0. The molecule has 0 aromatic heterocycles. The van der Waals surface area contributed by atoms with Crippen molar-refractivity contribution in [2.45, 2.75) is 260 Å². The number of hydrogen-bond donors (Lipinski definition) is 1. The lowest BCUT2D eigenvalue weighted by Gasteiger charge is -2.44. The highest BCUT2D eigenvalue weighted by atomic mass is 32.2. The van der Waals surface area contributed by atoms with E-state index in [0.717, 1.165) is 38.6 Å². The number of nitrogens with one attached hydrogen (secondary N) is 1. The Morgan fingerprint density at radius 1 is 0.370 bits per heavy atom. The van der Waals surface area contributed by atoms with Crippen molar-refractivity contribution in [2.75, 3.05) is 74.8 Å².